The summed E-state index contributed by atoms with van der Waals surface area (Å²) < 4.78 is 8.62. The van der Waals surface area contributed by atoms with E-state index >= 15 is 0 Å². The lowest BCUT2D eigenvalue weighted by Crippen LogP contribution is -2.51. The molecule has 19 heavy (non-hydrogen) atoms. The van der Waals surface area contributed by atoms with Crippen LogP contribution in [0.5, 0.6) is 0 Å². The molecule has 1 aromatic rings. The zero-order valence-electron chi connectivity index (χ0n) is 11.3. The Morgan fingerprint density at radius 3 is 2.89 bits per heavy atom. The summed E-state index contributed by atoms with van der Waals surface area (Å²) in [4.78, 5) is 12.5. The fourth-order valence-electron chi connectivity index (χ4n) is 2.60. The number of nitrogens with zero attached hydrogens (tertiary/aromatic N) is 1. The van der Waals surface area contributed by atoms with Gasteiger partial charge in [0.2, 0.25) is 0 Å². The Morgan fingerprint density at radius 1 is 1.58 bits per heavy atom. The first-order valence-corrected chi connectivity index (χ1v) is 7.60. The van der Waals surface area contributed by atoms with Gasteiger partial charge in [-0.05, 0) is 55.1 Å². The summed E-state index contributed by atoms with van der Waals surface area (Å²) >= 11 is 3.46. The fourth-order valence-corrected chi connectivity index (χ4v) is 3.04. The molecule has 1 saturated heterocycles. The highest BCUT2D eigenvalue weighted by atomic mass is 79.9. The zero-order chi connectivity index (χ0) is 13.6. The quantitative estimate of drug-likeness (QED) is 0.928. The average Bonchev–Trinajstić information content (AvgIpc) is 3.04. The van der Waals surface area contributed by atoms with Crippen molar-refractivity contribution in [2.75, 3.05) is 6.61 Å². The maximum absolute atomic E-state index is 12.5. The summed E-state index contributed by atoms with van der Waals surface area (Å²) in [6.07, 6.45) is 5.26. The summed E-state index contributed by atoms with van der Waals surface area (Å²) in [5.74, 6) is -0.00236. The molecule has 0 aromatic carbocycles. The summed E-state index contributed by atoms with van der Waals surface area (Å²) in [5.41, 5.74) is 0.483. The third kappa shape index (κ3) is 2.46. The molecule has 104 valence electrons. The van der Waals surface area contributed by atoms with Crippen LogP contribution in [0, 0.1) is 0 Å². The summed E-state index contributed by atoms with van der Waals surface area (Å²) in [6, 6.07) is 2.40. The van der Waals surface area contributed by atoms with E-state index in [4.69, 9.17) is 4.74 Å². The van der Waals surface area contributed by atoms with Crippen molar-refractivity contribution in [2.24, 2.45) is 0 Å². The number of amides is 1. The van der Waals surface area contributed by atoms with Gasteiger partial charge >= 0.3 is 0 Å². The number of ether oxygens (including phenoxy) is 1. The minimum atomic E-state index is -0.262. The van der Waals surface area contributed by atoms with Crippen LogP contribution >= 0.6 is 15.9 Å². The number of carbonyl (C=O) groups excluding carboxylic acids is 1. The van der Waals surface area contributed by atoms with Gasteiger partial charge in [0.05, 0.1) is 11.6 Å². The van der Waals surface area contributed by atoms with E-state index in [1.165, 1.54) is 0 Å². The number of rotatable bonds is 3. The molecule has 2 atom stereocenters. The van der Waals surface area contributed by atoms with E-state index < -0.39 is 0 Å². The molecule has 3 rings (SSSR count). The molecule has 0 radical (unpaired) electrons. The number of aromatic nitrogens is 1. The van der Waals surface area contributed by atoms with Crippen molar-refractivity contribution in [1.29, 1.82) is 0 Å². The first kappa shape index (κ1) is 13.2. The van der Waals surface area contributed by atoms with Crippen LogP contribution in [-0.2, 0) is 4.74 Å². The second-order valence-electron chi connectivity index (χ2n) is 5.82. The Labute approximate surface area is 121 Å². The van der Waals surface area contributed by atoms with Crippen molar-refractivity contribution in [3.8, 4) is 0 Å². The number of carbonyl (C=O) groups is 1. The molecule has 2 unspecified atom stereocenters. The fraction of sp³-hybridized carbons (Fsp3) is 0.643. The third-order valence-corrected chi connectivity index (χ3v) is 4.71. The van der Waals surface area contributed by atoms with Crippen LogP contribution in [0.3, 0.4) is 0 Å². The zero-order valence-corrected chi connectivity index (χ0v) is 12.9. The molecule has 1 N–H and O–H groups in total. The van der Waals surface area contributed by atoms with Gasteiger partial charge < -0.3 is 14.6 Å². The normalized spacial score (nSPS) is 30.6. The number of nitrogens with one attached hydrogen (secondary N) is 1. The standard InChI is InChI=1S/C14H19BrN2O2/c1-9-14(2,5-6-19-9)16-13(18)12-7-10(15)8-17(12)11-3-4-11/h7-9,11H,3-6H2,1-2H3,(H,16,18). The molecule has 2 heterocycles. The van der Waals surface area contributed by atoms with Gasteiger partial charge in [-0.3, -0.25) is 4.79 Å². The van der Waals surface area contributed by atoms with Crippen molar-refractivity contribution >= 4 is 21.8 Å². The van der Waals surface area contributed by atoms with Gasteiger partial charge in [0, 0.05) is 23.3 Å². The van der Waals surface area contributed by atoms with Crippen LogP contribution in [0.25, 0.3) is 0 Å². The molecule has 2 aliphatic rings. The predicted octanol–water partition coefficient (Wildman–Crippen LogP) is 2.88. The first-order valence-electron chi connectivity index (χ1n) is 6.81. The Morgan fingerprint density at radius 2 is 2.32 bits per heavy atom. The lowest BCUT2D eigenvalue weighted by Gasteiger charge is -2.29. The molecule has 1 aliphatic carbocycles. The van der Waals surface area contributed by atoms with Gasteiger partial charge in [-0.1, -0.05) is 0 Å². The van der Waals surface area contributed by atoms with Crippen LogP contribution in [-0.4, -0.2) is 28.7 Å². The van der Waals surface area contributed by atoms with Crippen molar-refractivity contribution < 1.29 is 9.53 Å². The molecular weight excluding hydrogens is 308 g/mol. The van der Waals surface area contributed by atoms with Crippen LogP contribution in [0.1, 0.15) is 49.6 Å². The lowest BCUT2D eigenvalue weighted by atomic mass is 9.94. The van der Waals surface area contributed by atoms with E-state index in [0.717, 1.165) is 29.4 Å². The second-order valence-corrected chi connectivity index (χ2v) is 6.73. The van der Waals surface area contributed by atoms with Gasteiger partial charge in [-0.2, -0.15) is 0 Å². The molecule has 1 aliphatic heterocycles. The highest BCUT2D eigenvalue weighted by Crippen LogP contribution is 2.37. The molecule has 0 spiro atoms. The second kappa shape index (κ2) is 4.63. The average molecular weight is 327 g/mol. The summed E-state index contributed by atoms with van der Waals surface area (Å²) in [5, 5.41) is 3.15. The molecule has 1 saturated carbocycles. The molecule has 1 aromatic heterocycles. The van der Waals surface area contributed by atoms with E-state index in [-0.39, 0.29) is 17.6 Å². The van der Waals surface area contributed by atoms with E-state index in [2.05, 4.69) is 32.7 Å². The number of halogens is 1. The Hall–Kier alpha value is -0.810. The number of hydrogen-bond donors (Lipinski definition) is 1. The SMILES string of the molecule is CC1OCCC1(C)NC(=O)c1cc(Br)cn1C1CC1. The van der Waals surface area contributed by atoms with E-state index in [0.29, 0.717) is 12.6 Å². The van der Waals surface area contributed by atoms with E-state index in [1.807, 2.05) is 19.2 Å². The van der Waals surface area contributed by atoms with Crippen LogP contribution < -0.4 is 5.32 Å². The monoisotopic (exact) mass is 326 g/mol. The molecule has 0 bridgehead atoms. The Kier molecular flexibility index (Phi) is 3.21. The molecule has 1 amide bonds. The Balaban J connectivity index is 1.80. The van der Waals surface area contributed by atoms with Gasteiger partial charge in [-0.25, -0.2) is 0 Å². The minimum absolute atomic E-state index is 0.00236. The van der Waals surface area contributed by atoms with Crippen LogP contribution in [0.15, 0.2) is 16.7 Å². The van der Waals surface area contributed by atoms with Crippen molar-refractivity contribution in [3.63, 3.8) is 0 Å². The predicted molar refractivity (Wildman–Crippen MR) is 76.3 cm³/mol. The van der Waals surface area contributed by atoms with Crippen LogP contribution in [0.2, 0.25) is 0 Å². The van der Waals surface area contributed by atoms with Gasteiger partial charge in [0.1, 0.15) is 5.69 Å². The lowest BCUT2D eigenvalue weighted by molar-refractivity contribution is 0.0721. The molecule has 4 nitrogen and oxygen atoms in total. The summed E-state index contributed by atoms with van der Waals surface area (Å²) in [7, 11) is 0. The first-order chi connectivity index (χ1) is 8.99. The van der Waals surface area contributed by atoms with Gasteiger partial charge in [-0.15, -0.1) is 0 Å². The van der Waals surface area contributed by atoms with Gasteiger partial charge in [0.25, 0.3) is 5.91 Å². The molecule has 5 heteroatoms. The smallest absolute Gasteiger partial charge is 0.268 e. The van der Waals surface area contributed by atoms with Crippen molar-refractivity contribution in [3.05, 3.63) is 22.4 Å². The third-order valence-electron chi connectivity index (χ3n) is 4.27. The number of hydrogen-bond acceptors (Lipinski definition) is 2. The highest BCUT2D eigenvalue weighted by Gasteiger charge is 2.39. The van der Waals surface area contributed by atoms with E-state index in [9.17, 15) is 4.79 Å². The highest BCUT2D eigenvalue weighted by molar-refractivity contribution is 9.10. The molecular formula is C14H19BrN2O2. The maximum Gasteiger partial charge on any atom is 0.268 e. The largest absolute Gasteiger partial charge is 0.376 e. The molecule has 2 fully saturated rings. The Bertz CT molecular complexity index is 510. The van der Waals surface area contributed by atoms with Crippen molar-refractivity contribution in [2.45, 2.75) is 50.8 Å². The van der Waals surface area contributed by atoms with Crippen LogP contribution in [0.4, 0.5) is 0 Å². The summed E-state index contributed by atoms with van der Waals surface area (Å²) in [6.45, 7) is 4.79. The minimum Gasteiger partial charge on any atom is -0.376 e. The topological polar surface area (TPSA) is 43.3 Å². The maximum atomic E-state index is 12.5. The van der Waals surface area contributed by atoms with Gasteiger partial charge in [0.15, 0.2) is 0 Å². The van der Waals surface area contributed by atoms with Crippen molar-refractivity contribution in [1.82, 2.24) is 9.88 Å². The van der Waals surface area contributed by atoms with E-state index in [1.54, 1.807) is 0 Å².